The number of rotatable bonds is 5. The van der Waals surface area contributed by atoms with E-state index in [1.165, 1.54) is 12.7 Å². The molecule has 0 saturated carbocycles. The lowest BCUT2D eigenvalue weighted by molar-refractivity contribution is -0.142. The molecule has 1 aromatic rings. The predicted octanol–water partition coefficient (Wildman–Crippen LogP) is 2.03. The van der Waals surface area contributed by atoms with Crippen LogP contribution in [-0.2, 0) is 16.0 Å². The fourth-order valence-corrected chi connectivity index (χ4v) is 1.47. The zero-order chi connectivity index (χ0) is 12.0. The number of hydrogen-bond acceptors (Lipinski definition) is 3. The van der Waals surface area contributed by atoms with E-state index in [0.29, 0.717) is 0 Å². The largest absolute Gasteiger partial charge is 0.468 e. The van der Waals surface area contributed by atoms with Crippen molar-refractivity contribution in [1.82, 2.24) is 5.32 Å². The van der Waals surface area contributed by atoms with Crippen LogP contribution < -0.4 is 5.32 Å². The number of benzene rings is 1. The van der Waals surface area contributed by atoms with Gasteiger partial charge in [0.1, 0.15) is 6.04 Å². The van der Waals surface area contributed by atoms with Gasteiger partial charge in [-0.3, -0.25) is 4.79 Å². The van der Waals surface area contributed by atoms with Crippen LogP contribution in [0.15, 0.2) is 24.3 Å². The van der Waals surface area contributed by atoms with Crippen LogP contribution in [0, 0.1) is 0 Å². The van der Waals surface area contributed by atoms with E-state index >= 15 is 0 Å². The van der Waals surface area contributed by atoms with Gasteiger partial charge in [0.25, 0.3) is 0 Å². The fourth-order valence-electron chi connectivity index (χ4n) is 1.34. The molecule has 0 fully saturated rings. The van der Waals surface area contributed by atoms with E-state index in [9.17, 15) is 4.79 Å². The highest BCUT2D eigenvalue weighted by atomic mass is 35.5. The minimum Gasteiger partial charge on any atom is -0.468 e. The summed E-state index contributed by atoms with van der Waals surface area (Å²) in [7, 11) is 1.39. The maximum atomic E-state index is 11.1. The predicted molar refractivity (Wildman–Crippen MR) is 64.6 cm³/mol. The Labute approximate surface area is 101 Å². The lowest BCUT2D eigenvalue weighted by Gasteiger charge is -2.11. The Hall–Kier alpha value is -1.06. The van der Waals surface area contributed by atoms with E-state index in [1.54, 1.807) is 6.92 Å². The molecule has 88 valence electrons. The molecule has 0 amide bonds. The van der Waals surface area contributed by atoms with Crippen molar-refractivity contribution in [2.24, 2.45) is 0 Å². The molecule has 0 aliphatic heterocycles. The second-order valence-corrected chi connectivity index (χ2v) is 4.01. The number of ether oxygens (including phenoxy) is 1. The first-order valence-electron chi connectivity index (χ1n) is 5.19. The zero-order valence-electron chi connectivity index (χ0n) is 9.50. The van der Waals surface area contributed by atoms with Crippen molar-refractivity contribution in [3.8, 4) is 0 Å². The molecule has 0 spiro atoms. The highest BCUT2D eigenvalue weighted by Gasteiger charge is 2.10. The first kappa shape index (κ1) is 13.0. The standard InChI is InChI=1S/C12H16ClNO2/c1-9(12(15)16-2)14-8-7-10-3-5-11(13)6-4-10/h3-6,9,14H,7-8H2,1-2H3. The molecule has 0 aliphatic rings. The normalized spacial score (nSPS) is 12.2. The number of carbonyl (C=O) groups excluding carboxylic acids is 1. The van der Waals surface area contributed by atoms with Gasteiger partial charge < -0.3 is 10.1 Å². The van der Waals surface area contributed by atoms with Gasteiger partial charge in [-0.25, -0.2) is 0 Å². The first-order valence-corrected chi connectivity index (χ1v) is 5.57. The van der Waals surface area contributed by atoms with Gasteiger partial charge in [-0.2, -0.15) is 0 Å². The average molecular weight is 242 g/mol. The van der Waals surface area contributed by atoms with Crippen molar-refractivity contribution < 1.29 is 9.53 Å². The molecule has 1 N–H and O–H groups in total. The average Bonchev–Trinajstić information content (AvgIpc) is 2.30. The van der Waals surface area contributed by atoms with Crippen molar-refractivity contribution in [2.75, 3.05) is 13.7 Å². The van der Waals surface area contributed by atoms with Gasteiger partial charge in [-0.05, 0) is 37.6 Å². The molecule has 0 aliphatic carbocycles. The quantitative estimate of drug-likeness (QED) is 0.802. The third-order valence-electron chi connectivity index (χ3n) is 2.33. The second kappa shape index (κ2) is 6.51. The molecule has 1 rings (SSSR count). The summed E-state index contributed by atoms with van der Waals surface area (Å²) in [4.78, 5) is 11.1. The Kier molecular flexibility index (Phi) is 5.29. The van der Waals surface area contributed by atoms with E-state index in [-0.39, 0.29) is 12.0 Å². The molecule has 1 unspecified atom stereocenters. The van der Waals surface area contributed by atoms with E-state index in [1.807, 2.05) is 24.3 Å². The minimum atomic E-state index is -0.266. The van der Waals surface area contributed by atoms with E-state index in [4.69, 9.17) is 11.6 Å². The summed E-state index contributed by atoms with van der Waals surface area (Å²) in [5.74, 6) is -0.240. The fraction of sp³-hybridized carbons (Fsp3) is 0.417. The van der Waals surface area contributed by atoms with Gasteiger partial charge in [-0.1, -0.05) is 23.7 Å². The van der Waals surface area contributed by atoms with Gasteiger partial charge in [0.05, 0.1) is 7.11 Å². The topological polar surface area (TPSA) is 38.3 Å². The molecule has 4 heteroatoms. The van der Waals surface area contributed by atoms with Crippen LogP contribution in [0.1, 0.15) is 12.5 Å². The highest BCUT2D eigenvalue weighted by molar-refractivity contribution is 6.30. The maximum absolute atomic E-state index is 11.1. The Morgan fingerprint density at radius 3 is 2.62 bits per heavy atom. The Balaban J connectivity index is 2.30. The van der Waals surface area contributed by atoms with E-state index < -0.39 is 0 Å². The summed E-state index contributed by atoms with van der Waals surface area (Å²) in [5, 5.41) is 3.82. The molecule has 0 bridgehead atoms. The number of esters is 1. The lowest BCUT2D eigenvalue weighted by Crippen LogP contribution is -2.36. The summed E-state index contributed by atoms with van der Waals surface area (Å²) in [6, 6.07) is 7.42. The molecule has 1 atom stereocenters. The number of carbonyl (C=O) groups is 1. The highest BCUT2D eigenvalue weighted by Crippen LogP contribution is 2.09. The number of nitrogens with one attached hydrogen (secondary N) is 1. The Morgan fingerprint density at radius 2 is 2.06 bits per heavy atom. The Bertz CT molecular complexity index is 337. The SMILES string of the molecule is COC(=O)C(C)NCCc1ccc(Cl)cc1. The number of hydrogen-bond donors (Lipinski definition) is 1. The summed E-state index contributed by atoms with van der Waals surface area (Å²) in [6.07, 6.45) is 0.860. The van der Waals surface area contributed by atoms with Gasteiger partial charge >= 0.3 is 5.97 Å². The molecule has 0 heterocycles. The van der Waals surface area contributed by atoms with Crippen molar-refractivity contribution in [1.29, 1.82) is 0 Å². The summed E-state index contributed by atoms with van der Waals surface area (Å²) < 4.78 is 4.61. The maximum Gasteiger partial charge on any atom is 0.322 e. The molecule has 0 aromatic heterocycles. The third-order valence-corrected chi connectivity index (χ3v) is 2.58. The van der Waals surface area contributed by atoms with Crippen molar-refractivity contribution in [3.05, 3.63) is 34.9 Å². The monoisotopic (exact) mass is 241 g/mol. The van der Waals surface area contributed by atoms with Crippen LogP contribution in [0.3, 0.4) is 0 Å². The van der Waals surface area contributed by atoms with Crippen molar-refractivity contribution in [2.45, 2.75) is 19.4 Å². The summed E-state index contributed by atoms with van der Waals surface area (Å²) in [5.41, 5.74) is 1.19. The van der Waals surface area contributed by atoms with E-state index in [0.717, 1.165) is 18.0 Å². The van der Waals surface area contributed by atoms with Crippen LogP contribution >= 0.6 is 11.6 Å². The van der Waals surface area contributed by atoms with Gasteiger partial charge in [0.15, 0.2) is 0 Å². The Morgan fingerprint density at radius 1 is 1.44 bits per heavy atom. The third kappa shape index (κ3) is 4.21. The second-order valence-electron chi connectivity index (χ2n) is 3.58. The van der Waals surface area contributed by atoms with Gasteiger partial charge in [0, 0.05) is 5.02 Å². The van der Waals surface area contributed by atoms with Crippen LogP contribution in [-0.4, -0.2) is 25.7 Å². The minimum absolute atomic E-state index is 0.240. The van der Waals surface area contributed by atoms with Crippen molar-refractivity contribution >= 4 is 17.6 Å². The van der Waals surface area contributed by atoms with Crippen LogP contribution in [0.5, 0.6) is 0 Å². The summed E-state index contributed by atoms with van der Waals surface area (Å²) in [6.45, 7) is 2.52. The van der Waals surface area contributed by atoms with E-state index in [2.05, 4.69) is 10.1 Å². The first-order chi connectivity index (χ1) is 7.63. The smallest absolute Gasteiger partial charge is 0.322 e. The summed E-state index contributed by atoms with van der Waals surface area (Å²) >= 11 is 5.78. The van der Waals surface area contributed by atoms with Gasteiger partial charge in [-0.15, -0.1) is 0 Å². The molecule has 16 heavy (non-hydrogen) atoms. The molecule has 0 saturated heterocycles. The number of methoxy groups -OCH3 is 1. The number of halogens is 1. The molecule has 1 aromatic carbocycles. The van der Waals surface area contributed by atoms with Crippen molar-refractivity contribution in [3.63, 3.8) is 0 Å². The molecular formula is C12H16ClNO2. The molecule has 0 radical (unpaired) electrons. The van der Waals surface area contributed by atoms with Crippen LogP contribution in [0.25, 0.3) is 0 Å². The molecular weight excluding hydrogens is 226 g/mol. The van der Waals surface area contributed by atoms with Crippen LogP contribution in [0.2, 0.25) is 5.02 Å². The lowest BCUT2D eigenvalue weighted by atomic mass is 10.1. The van der Waals surface area contributed by atoms with Crippen LogP contribution in [0.4, 0.5) is 0 Å². The van der Waals surface area contributed by atoms with Gasteiger partial charge in [0.2, 0.25) is 0 Å². The molecule has 3 nitrogen and oxygen atoms in total. The zero-order valence-corrected chi connectivity index (χ0v) is 10.3.